The van der Waals surface area contributed by atoms with Gasteiger partial charge < -0.3 is 4.42 Å². The smallest absolute Gasteiger partial charge is 0.299 e. The zero-order valence-corrected chi connectivity index (χ0v) is 37.5. The van der Waals surface area contributed by atoms with Crippen molar-refractivity contribution in [3.8, 4) is 39.6 Å². The summed E-state index contributed by atoms with van der Waals surface area (Å²) < 4.78 is 12.0. The van der Waals surface area contributed by atoms with Gasteiger partial charge in [0.15, 0.2) is 22.4 Å². The average molecular weight is 811 g/mol. The third kappa shape index (κ3) is 6.67. The second kappa shape index (κ2) is 13.5. The van der Waals surface area contributed by atoms with Crippen LogP contribution in [0.5, 0.6) is 0 Å². The Bertz CT molecular complexity index is 3110. The largest absolute Gasteiger partial charge is 0.454 e. The third-order valence-corrected chi connectivity index (χ3v) is 14.1. The Labute approximate surface area is 349 Å². The summed E-state index contributed by atoms with van der Waals surface area (Å²) in [6.07, 6.45) is 6.97. The molecule has 1 aliphatic rings. The van der Waals surface area contributed by atoms with Gasteiger partial charge in [-0.05, 0) is 71.0 Å². The van der Waals surface area contributed by atoms with Gasteiger partial charge in [-0.2, -0.15) is 4.57 Å². The molecule has 10 rings (SSSR count). The van der Waals surface area contributed by atoms with Crippen molar-refractivity contribution in [1.29, 1.82) is 0 Å². The number of benzene rings is 6. The van der Waals surface area contributed by atoms with Crippen LogP contribution in [0.2, 0.25) is 19.6 Å². The number of rotatable bonds is 7. The zero-order chi connectivity index (χ0) is 41.0. The van der Waals surface area contributed by atoms with Gasteiger partial charge in [0.2, 0.25) is 0 Å². The molecular weight excluding hydrogens is 759 g/mol. The van der Waals surface area contributed by atoms with Crippen LogP contribution in [0.1, 0.15) is 43.5 Å². The number of nitrogens with zero attached hydrogens (tertiary/aromatic N) is 5. The van der Waals surface area contributed by atoms with Gasteiger partial charge in [-0.3, -0.25) is 0 Å². The molecule has 0 N–H and O–H groups in total. The first kappa shape index (κ1) is 37.7. The predicted octanol–water partition coefficient (Wildman–Crippen LogP) is 12.4. The Morgan fingerprint density at radius 3 is 2.14 bits per heavy atom. The number of hydrogen-bond acceptors (Lipinski definition) is 4. The van der Waals surface area contributed by atoms with Crippen LogP contribution in [0.4, 0.5) is 0 Å². The highest BCUT2D eigenvalue weighted by Gasteiger charge is 2.39. The van der Waals surface area contributed by atoms with E-state index in [1.807, 2.05) is 0 Å². The van der Waals surface area contributed by atoms with Crippen LogP contribution in [0, 0.1) is 0 Å². The number of fused-ring (bicyclic) bond motifs is 11. The highest BCUT2D eigenvalue weighted by molar-refractivity contribution is 8.31. The molecule has 6 aromatic carbocycles. The third-order valence-electron chi connectivity index (χ3n) is 11.6. The predicted molar refractivity (Wildman–Crippen MR) is 252 cm³/mol. The summed E-state index contributed by atoms with van der Waals surface area (Å²) in [5.74, 6) is 4.69. The summed E-state index contributed by atoms with van der Waals surface area (Å²) >= 11 is 0. The number of aromatic nitrogens is 5. The molecule has 59 heavy (non-hydrogen) atoms. The molecule has 0 spiro atoms. The fourth-order valence-corrected chi connectivity index (χ4v) is 11.0. The SMILES string of the molecule is CC(C)(C)c1cc(-c2ccc(-c3nc(C[Si](C)(C)C)nc(CS(C)(C)C)n3)cc2)ccc1-n1c2[n+](c3ccccc31)Cc1ccc3c(oc4c5ccccc5ccc34)c1-2. The summed E-state index contributed by atoms with van der Waals surface area (Å²) in [7, 11) is -2.24. The van der Waals surface area contributed by atoms with Crippen molar-refractivity contribution >= 4 is 61.8 Å². The monoisotopic (exact) mass is 810 g/mol. The van der Waals surface area contributed by atoms with Crippen LogP contribution in [-0.2, 0) is 23.8 Å². The maximum atomic E-state index is 6.99. The van der Waals surface area contributed by atoms with E-state index in [-0.39, 0.29) is 5.41 Å². The molecule has 3 aromatic heterocycles. The molecule has 0 radical (unpaired) electrons. The number of para-hydroxylation sites is 2. The van der Waals surface area contributed by atoms with Gasteiger partial charge in [0.25, 0.3) is 5.82 Å². The van der Waals surface area contributed by atoms with Crippen LogP contribution in [0.25, 0.3) is 83.3 Å². The minimum absolute atomic E-state index is 0.150. The van der Waals surface area contributed by atoms with Crippen molar-refractivity contribution in [2.75, 3.05) is 18.8 Å². The fraction of sp³-hybridized carbons (Fsp3) is 0.255. The lowest BCUT2D eigenvalue weighted by atomic mass is 9.83. The minimum Gasteiger partial charge on any atom is -0.454 e. The first-order chi connectivity index (χ1) is 28.1. The second-order valence-corrected chi connectivity index (χ2v) is 29.4. The van der Waals surface area contributed by atoms with E-state index in [1.54, 1.807) is 0 Å². The van der Waals surface area contributed by atoms with Crippen LogP contribution >= 0.6 is 10.0 Å². The summed E-state index contributed by atoms with van der Waals surface area (Å²) in [5.41, 5.74) is 12.5. The van der Waals surface area contributed by atoms with Gasteiger partial charge in [-0.25, -0.2) is 29.5 Å². The number of imidazole rings is 1. The maximum absolute atomic E-state index is 6.99. The zero-order valence-electron chi connectivity index (χ0n) is 35.6. The van der Waals surface area contributed by atoms with Crippen LogP contribution in [0.15, 0.2) is 120 Å². The maximum Gasteiger partial charge on any atom is 0.299 e. The molecule has 296 valence electrons. The van der Waals surface area contributed by atoms with E-state index in [1.165, 1.54) is 49.9 Å². The molecule has 0 aliphatic carbocycles. The van der Waals surface area contributed by atoms with Crippen molar-refractivity contribution in [1.82, 2.24) is 19.5 Å². The first-order valence-electron chi connectivity index (χ1n) is 20.6. The second-order valence-electron chi connectivity index (χ2n) is 19.5. The van der Waals surface area contributed by atoms with E-state index in [0.29, 0.717) is 0 Å². The van der Waals surface area contributed by atoms with Crippen LogP contribution in [-0.4, -0.2) is 46.4 Å². The molecule has 0 atom stereocenters. The Morgan fingerprint density at radius 1 is 0.695 bits per heavy atom. The topological polar surface area (TPSA) is 60.6 Å². The minimum atomic E-state index is -1.42. The highest BCUT2D eigenvalue weighted by atomic mass is 32.3. The van der Waals surface area contributed by atoms with Gasteiger partial charge in [-0.15, -0.1) is 0 Å². The van der Waals surface area contributed by atoms with Crippen molar-refractivity contribution in [3.05, 3.63) is 138 Å². The summed E-state index contributed by atoms with van der Waals surface area (Å²) in [4.78, 5) is 15.0. The number of furan rings is 1. The summed E-state index contributed by atoms with van der Waals surface area (Å²) in [5, 5.41) is 4.64. The van der Waals surface area contributed by atoms with Gasteiger partial charge in [0.1, 0.15) is 35.0 Å². The van der Waals surface area contributed by atoms with Crippen molar-refractivity contribution in [2.24, 2.45) is 0 Å². The average Bonchev–Trinajstić information content (AvgIpc) is 3.85. The highest BCUT2D eigenvalue weighted by Crippen LogP contribution is 2.45. The van der Waals surface area contributed by atoms with Crippen molar-refractivity contribution < 1.29 is 8.98 Å². The molecule has 6 nitrogen and oxygen atoms in total. The molecule has 0 amide bonds. The van der Waals surface area contributed by atoms with Gasteiger partial charge in [0.05, 0.1) is 8.07 Å². The quantitative estimate of drug-likeness (QED) is 0.119. The van der Waals surface area contributed by atoms with E-state index >= 15 is 0 Å². The molecule has 9 aromatic rings. The normalized spacial score (nSPS) is 13.5. The Morgan fingerprint density at radius 2 is 1.37 bits per heavy atom. The first-order valence-corrected chi connectivity index (χ1v) is 27.4. The van der Waals surface area contributed by atoms with Crippen LogP contribution in [0.3, 0.4) is 0 Å². The molecule has 0 fully saturated rings. The Kier molecular flexibility index (Phi) is 8.61. The lowest BCUT2D eigenvalue weighted by Gasteiger charge is -2.24. The Balaban J connectivity index is 1.10. The van der Waals surface area contributed by atoms with E-state index in [2.05, 4.69) is 184 Å². The molecular formula is C51H52N5OSSi+. The van der Waals surface area contributed by atoms with Gasteiger partial charge in [0, 0.05) is 44.6 Å². The molecule has 0 bridgehead atoms. The van der Waals surface area contributed by atoms with Crippen LogP contribution < -0.4 is 4.57 Å². The lowest BCUT2D eigenvalue weighted by molar-refractivity contribution is -0.645. The summed E-state index contributed by atoms with van der Waals surface area (Å²) in [6, 6.07) is 43.1. The van der Waals surface area contributed by atoms with E-state index in [4.69, 9.17) is 19.4 Å². The van der Waals surface area contributed by atoms with E-state index < -0.39 is 18.1 Å². The van der Waals surface area contributed by atoms with Gasteiger partial charge in [-0.1, -0.05) is 125 Å². The van der Waals surface area contributed by atoms with Crippen molar-refractivity contribution in [2.45, 2.75) is 64.2 Å². The lowest BCUT2D eigenvalue weighted by Crippen LogP contribution is -2.31. The molecule has 8 heteroatoms. The standard InChI is InChI=1S/C51H52N5OSSi/c1-51(2,3)40-28-35(32-18-20-34(21-19-32)49-53-44(30-58(4,5)6)52-45(54-49)31-59(7,8)9)24-27-41(40)56-43-17-13-12-16-42(43)55-29-36-23-26-39-38-25-22-33-14-10-11-15-37(33)47(38)57-48(39)46(36)50(55)56/h10-28H,29-31H2,1-9H3/q+1. The number of hydrogen-bond donors (Lipinski definition) is 0. The molecule has 0 saturated heterocycles. The fourth-order valence-electron chi connectivity index (χ4n) is 8.96. The Hall–Kier alpha value is -5.57. The summed E-state index contributed by atoms with van der Waals surface area (Å²) in [6.45, 7) is 14.9. The molecule has 4 heterocycles. The van der Waals surface area contributed by atoms with E-state index in [0.717, 1.165) is 74.5 Å². The van der Waals surface area contributed by atoms with Crippen molar-refractivity contribution in [3.63, 3.8) is 0 Å². The molecule has 0 unspecified atom stereocenters. The molecule has 0 saturated carbocycles. The van der Waals surface area contributed by atoms with E-state index in [9.17, 15) is 0 Å². The van der Waals surface area contributed by atoms with Gasteiger partial charge >= 0.3 is 0 Å². The molecule has 1 aliphatic heterocycles.